The van der Waals surface area contributed by atoms with Crippen molar-refractivity contribution >= 4 is 17.4 Å². The van der Waals surface area contributed by atoms with Crippen LogP contribution in [0.15, 0.2) is 18.2 Å². The molecule has 0 aliphatic carbocycles. The lowest BCUT2D eigenvalue weighted by molar-refractivity contribution is -0.489. The maximum Gasteiger partial charge on any atom is 0.247 e. The van der Waals surface area contributed by atoms with Gasteiger partial charge >= 0.3 is 0 Å². The summed E-state index contributed by atoms with van der Waals surface area (Å²) in [6.45, 7) is 0.588. The van der Waals surface area contributed by atoms with Crippen LogP contribution in [-0.2, 0) is 4.79 Å². The van der Waals surface area contributed by atoms with Gasteiger partial charge < -0.3 is 9.64 Å². The van der Waals surface area contributed by atoms with Crippen LogP contribution < -0.4 is 9.64 Å². The average molecular weight is 278 g/mol. The van der Waals surface area contributed by atoms with Crippen molar-refractivity contribution in [2.45, 2.75) is 6.92 Å². The molecule has 1 atom stereocenters. The Hall–Kier alpha value is -2.44. The lowest BCUT2D eigenvalue weighted by atomic mass is 9.77. The fourth-order valence-electron chi connectivity index (χ4n) is 2.38. The van der Waals surface area contributed by atoms with Crippen LogP contribution >= 0.6 is 0 Å². The van der Waals surface area contributed by atoms with Crippen LogP contribution in [0.5, 0.6) is 5.75 Å². The van der Waals surface area contributed by atoms with Crippen LogP contribution in [0.3, 0.4) is 0 Å². The van der Waals surface area contributed by atoms with Crippen molar-refractivity contribution in [3.05, 3.63) is 33.9 Å². The molecule has 0 N–H and O–H groups in total. The second-order valence-corrected chi connectivity index (χ2v) is 4.90. The van der Waals surface area contributed by atoms with E-state index in [-0.39, 0.29) is 5.56 Å². The minimum atomic E-state index is -1.67. The first-order valence-corrected chi connectivity index (χ1v) is 5.94. The second-order valence-electron chi connectivity index (χ2n) is 4.90. The number of carbonyl (C=O) groups is 2. The number of amides is 1. The van der Waals surface area contributed by atoms with Crippen molar-refractivity contribution in [1.29, 1.82) is 0 Å². The number of rotatable bonds is 3. The largest absolute Gasteiger partial charge is 0.497 e. The van der Waals surface area contributed by atoms with E-state index in [1.165, 1.54) is 32.0 Å². The van der Waals surface area contributed by atoms with E-state index >= 15 is 0 Å². The van der Waals surface area contributed by atoms with Gasteiger partial charge in [0.15, 0.2) is 11.2 Å². The van der Waals surface area contributed by atoms with E-state index in [9.17, 15) is 19.7 Å². The second kappa shape index (κ2) is 4.59. The number of methoxy groups -OCH3 is 1. The van der Waals surface area contributed by atoms with E-state index in [2.05, 4.69) is 0 Å². The lowest BCUT2D eigenvalue weighted by Gasteiger charge is -2.35. The molecule has 7 nitrogen and oxygen atoms in total. The third-order valence-electron chi connectivity index (χ3n) is 3.53. The van der Waals surface area contributed by atoms with Crippen LogP contribution in [-0.4, -0.2) is 37.3 Å². The first kappa shape index (κ1) is 14.0. The Labute approximate surface area is 115 Å². The smallest absolute Gasteiger partial charge is 0.247 e. The van der Waals surface area contributed by atoms with Gasteiger partial charge in [0.2, 0.25) is 12.5 Å². The summed E-state index contributed by atoms with van der Waals surface area (Å²) in [6, 6.07) is 4.68. The van der Waals surface area contributed by atoms with Crippen LogP contribution in [0.25, 0.3) is 0 Å². The van der Waals surface area contributed by atoms with Gasteiger partial charge in [-0.1, -0.05) is 0 Å². The van der Waals surface area contributed by atoms with Crippen molar-refractivity contribution in [1.82, 2.24) is 0 Å². The van der Waals surface area contributed by atoms with Gasteiger partial charge in [-0.2, -0.15) is 0 Å². The van der Waals surface area contributed by atoms with E-state index in [0.29, 0.717) is 11.4 Å². The molecule has 0 spiro atoms. The van der Waals surface area contributed by atoms with Gasteiger partial charge in [-0.15, -0.1) is 0 Å². The highest BCUT2D eigenvalue weighted by Crippen LogP contribution is 2.38. The van der Waals surface area contributed by atoms with Gasteiger partial charge in [0.05, 0.1) is 12.8 Å². The molecule has 1 heterocycles. The fraction of sp³-hybridized carbons (Fsp3) is 0.385. The number of ketones is 1. The highest BCUT2D eigenvalue weighted by Gasteiger charge is 2.52. The summed E-state index contributed by atoms with van der Waals surface area (Å²) in [5.74, 6) is -0.607. The monoisotopic (exact) mass is 278 g/mol. The Kier molecular flexibility index (Phi) is 3.21. The molecule has 0 aromatic heterocycles. The molecule has 1 aliphatic heterocycles. The zero-order valence-corrected chi connectivity index (χ0v) is 11.4. The van der Waals surface area contributed by atoms with Crippen molar-refractivity contribution in [2.24, 2.45) is 5.41 Å². The normalized spacial score (nSPS) is 21.6. The Bertz CT molecular complexity index is 613. The number of fused-ring (bicyclic) bond motifs is 1. The molecule has 106 valence electrons. The molecule has 0 fully saturated rings. The molecule has 0 radical (unpaired) electrons. The summed E-state index contributed by atoms with van der Waals surface area (Å²) >= 11 is 0. The maximum atomic E-state index is 12.4. The summed E-state index contributed by atoms with van der Waals surface area (Å²) in [4.78, 5) is 36.1. The maximum absolute atomic E-state index is 12.4. The molecule has 7 heteroatoms. The highest BCUT2D eigenvalue weighted by atomic mass is 16.6. The van der Waals surface area contributed by atoms with E-state index in [0.717, 1.165) is 0 Å². The van der Waals surface area contributed by atoms with Gasteiger partial charge in [0, 0.05) is 23.6 Å². The first-order chi connectivity index (χ1) is 9.31. The summed E-state index contributed by atoms with van der Waals surface area (Å²) in [7, 11) is 2.97. The van der Waals surface area contributed by atoms with Crippen molar-refractivity contribution in [2.75, 3.05) is 25.6 Å². The fourth-order valence-corrected chi connectivity index (χ4v) is 2.38. The number of benzene rings is 1. The number of hydrogen-bond acceptors (Lipinski definition) is 5. The molecule has 1 aromatic carbocycles. The molecule has 1 amide bonds. The predicted octanol–water partition coefficient (Wildman–Crippen LogP) is 1.14. The lowest BCUT2D eigenvalue weighted by Crippen LogP contribution is -2.53. The molecule has 0 unspecified atom stereocenters. The summed E-state index contributed by atoms with van der Waals surface area (Å²) in [5, 5.41) is 10.7. The zero-order chi connectivity index (χ0) is 15.1. The van der Waals surface area contributed by atoms with Crippen LogP contribution in [0, 0.1) is 15.5 Å². The molecule has 1 aliphatic rings. The molecule has 2 rings (SSSR count). The number of carbonyl (C=O) groups excluding carboxylic acids is 2. The summed E-state index contributed by atoms with van der Waals surface area (Å²) in [5.41, 5.74) is -0.975. The van der Waals surface area contributed by atoms with Crippen LogP contribution in [0.1, 0.15) is 17.3 Å². The quantitative estimate of drug-likeness (QED) is 0.470. The number of anilines is 1. The van der Waals surface area contributed by atoms with Crippen molar-refractivity contribution in [3.8, 4) is 5.75 Å². The summed E-state index contributed by atoms with van der Waals surface area (Å²) < 4.78 is 5.06. The van der Waals surface area contributed by atoms with Gasteiger partial charge in [0.25, 0.3) is 0 Å². The van der Waals surface area contributed by atoms with Gasteiger partial charge in [-0.25, -0.2) is 0 Å². The minimum absolute atomic E-state index is 0.289. The Morgan fingerprint density at radius 2 is 2.05 bits per heavy atom. The SMILES string of the molecule is COc1ccc2c(c1)N(C)C(=O)[C@](C)(C[N+](=O)[O-])C2=O. The Balaban J connectivity index is 2.58. The van der Waals surface area contributed by atoms with E-state index in [1.807, 2.05) is 0 Å². The van der Waals surface area contributed by atoms with Gasteiger partial charge in [0.1, 0.15) is 5.75 Å². The standard InChI is InChI=1S/C13H14N2O5/c1-13(7-15(18)19)11(16)9-5-4-8(20-3)6-10(9)14(2)12(13)17/h4-6H,7H2,1-3H3/t13-/m1/s1. The van der Waals surface area contributed by atoms with Crippen molar-refractivity contribution in [3.63, 3.8) is 0 Å². The molecule has 20 heavy (non-hydrogen) atoms. The molecule has 1 aromatic rings. The first-order valence-electron chi connectivity index (χ1n) is 5.94. The number of nitrogens with zero attached hydrogens (tertiary/aromatic N) is 2. The number of hydrogen-bond donors (Lipinski definition) is 0. The van der Waals surface area contributed by atoms with E-state index < -0.39 is 28.6 Å². The Morgan fingerprint density at radius 3 is 2.60 bits per heavy atom. The predicted molar refractivity (Wildman–Crippen MR) is 70.7 cm³/mol. The average Bonchev–Trinajstić information content (AvgIpc) is 2.42. The third kappa shape index (κ3) is 1.91. The summed E-state index contributed by atoms with van der Waals surface area (Å²) in [6.07, 6.45) is 0. The van der Waals surface area contributed by atoms with Crippen molar-refractivity contribution < 1.29 is 19.2 Å². The van der Waals surface area contributed by atoms with Crippen LogP contribution in [0.4, 0.5) is 5.69 Å². The molecule has 0 saturated carbocycles. The topological polar surface area (TPSA) is 89.8 Å². The third-order valence-corrected chi connectivity index (χ3v) is 3.53. The van der Waals surface area contributed by atoms with Gasteiger partial charge in [-0.3, -0.25) is 19.7 Å². The molecular weight excluding hydrogens is 264 g/mol. The van der Waals surface area contributed by atoms with Crippen LogP contribution in [0.2, 0.25) is 0 Å². The highest BCUT2D eigenvalue weighted by molar-refractivity contribution is 6.24. The molecule has 0 bridgehead atoms. The zero-order valence-electron chi connectivity index (χ0n) is 11.4. The minimum Gasteiger partial charge on any atom is -0.497 e. The molecular formula is C13H14N2O5. The Morgan fingerprint density at radius 1 is 1.40 bits per heavy atom. The number of nitro groups is 1. The number of Topliss-reactive ketones (excluding diaryl/α,β-unsaturated/α-hetero) is 1. The molecule has 0 saturated heterocycles. The van der Waals surface area contributed by atoms with E-state index in [1.54, 1.807) is 12.1 Å². The van der Waals surface area contributed by atoms with E-state index in [4.69, 9.17) is 4.74 Å². The number of ether oxygens (including phenoxy) is 1. The van der Waals surface area contributed by atoms with Gasteiger partial charge in [-0.05, 0) is 19.1 Å².